The molecule has 28 heavy (non-hydrogen) atoms. The Kier molecular flexibility index (Phi) is 6.01. The van der Waals surface area contributed by atoms with Gasteiger partial charge in [0, 0.05) is 30.3 Å². The van der Waals surface area contributed by atoms with Crippen LogP contribution in [0.3, 0.4) is 0 Å². The Bertz CT molecular complexity index is 988. The highest BCUT2D eigenvalue weighted by Gasteiger charge is 2.32. The third-order valence-corrected chi connectivity index (χ3v) is 5.42. The summed E-state index contributed by atoms with van der Waals surface area (Å²) in [6.45, 7) is 2.11. The molecule has 1 heterocycles. The number of aromatic hydroxyl groups is 2. The summed E-state index contributed by atoms with van der Waals surface area (Å²) in [4.78, 5) is 26.5. The molecule has 3 N–H and O–H groups in total. The molecule has 0 aliphatic carbocycles. The lowest BCUT2D eigenvalue weighted by molar-refractivity contribution is -0.122. The second kappa shape index (κ2) is 8.45. The van der Waals surface area contributed by atoms with Gasteiger partial charge in [-0.3, -0.25) is 14.5 Å². The zero-order valence-electron chi connectivity index (χ0n) is 15.0. The van der Waals surface area contributed by atoms with E-state index in [4.69, 9.17) is 12.2 Å². The molecule has 0 radical (unpaired) electrons. The number of nitrogens with zero attached hydrogens (tertiary/aromatic N) is 1. The van der Waals surface area contributed by atoms with Crippen molar-refractivity contribution in [2.45, 2.75) is 13.3 Å². The SMILES string of the molecule is Cc1cccc(NC(=O)CCN2C(=O)/C(=C/c3ccc(O)cc3O)SC2=S)c1. The van der Waals surface area contributed by atoms with Crippen molar-refractivity contribution in [3.05, 3.63) is 58.5 Å². The van der Waals surface area contributed by atoms with Crippen LogP contribution in [0.5, 0.6) is 11.5 Å². The number of nitrogens with one attached hydrogen (secondary N) is 1. The largest absolute Gasteiger partial charge is 0.508 e. The first-order chi connectivity index (χ1) is 13.3. The van der Waals surface area contributed by atoms with Gasteiger partial charge in [0.2, 0.25) is 5.91 Å². The monoisotopic (exact) mass is 414 g/mol. The van der Waals surface area contributed by atoms with Gasteiger partial charge >= 0.3 is 0 Å². The Morgan fingerprint density at radius 3 is 2.75 bits per heavy atom. The Hall–Kier alpha value is -2.84. The van der Waals surface area contributed by atoms with Crippen LogP contribution in [0, 0.1) is 6.92 Å². The van der Waals surface area contributed by atoms with Gasteiger partial charge < -0.3 is 15.5 Å². The molecule has 0 unspecified atom stereocenters. The summed E-state index contributed by atoms with van der Waals surface area (Å²) >= 11 is 6.37. The number of carbonyl (C=O) groups excluding carboxylic acids is 2. The minimum atomic E-state index is -0.314. The maximum Gasteiger partial charge on any atom is 0.266 e. The number of anilines is 1. The molecule has 1 fully saturated rings. The smallest absolute Gasteiger partial charge is 0.266 e. The number of hydrogen-bond acceptors (Lipinski definition) is 6. The van der Waals surface area contributed by atoms with E-state index >= 15 is 0 Å². The zero-order valence-corrected chi connectivity index (χ0v) is 16.6. The van der Waals surface area contributed by atoms with Gasteiger partial charge in [-0.15, -0.1) is 0 Å². The van der Waals surface area contributed by atoms with E-state index in [0.29, 0.717) is 20.5 Å². The van der Waals surface area contributed by atoms with Crippen molar-refractivity contribution in [1.82, 2.24) is 4.90 Å². The van der Waals surface area contributed by atoms with Gasteiger partial charge in [-0.2, -0.15) is 0 Å². The molecule has 3 rings (SSSR count). The average Bonchev–Trinajstić information content (AvgIpc) is 2.89. The Morgan fingerprint density at radius 2 is 2.04 bits per heavy atom. The Balaban J connectivity index is 1.63. The number of benzene rings is 2. The van der Waals surface area contributed by atoms with E-state index in [2.05, 4.69) is 5.32 Å². The van der Waals surface area contributed by atoms with Gasteiger partial charge in [0.25, 0.3) is 5.91 Å². The van der Waals surface area contributed by atoms with Gasteiger partial charge in [0.05, 0.1) is 4.91 Å². The van der Waals surface area contributed by atoms with Gasteiger partial charge in [-0.25, -0.2) is 0 Å². The summed E-state index contributed by atoms with van der Waals surface area (Å²) < 4.78 is 0.359. The first kappa shape index (κ1) is 19.9. The number of amides is 2. The number of carbonyl (C=O) groups is 2. The van der Waals surface area contributed by atoms with E-state index < -0.39 is 0 Å². The standard InChI is InChI=1S/C20H18N2O4S2/c1-12-3-2-4-14(9-12)21-18(25)7-8-22-19(26)17(28-20(22)27)10-13-5-6-15(23)11-16(13)24/h2-6,9-11,23-24H,7-8H2,1H3,(H,21,25)/b17-10-. The Labute approximate surface area is 171 Å². The summed E-state index contributed by atoms with van der Waals surface area (Å²) in [6.07, 6.45) is 1.62. The highest BCUT2D eigenvalue weighted by molar-refractivity contribution is 8.26. The summed E-state index contributed by atoms with van der Waals surface area (Å²) in [5.74, 6) is -0.727. The fourth-order valence-corrected chi connectivity index (χ4v) is 3.95. The molecule has 1 aliphatic heterocycles. The molecule has 2 amide bonds. The Morgan fingerprint density at radius 1 is 1.25 bits per heavy atom. The van der Waals surface area contributed by atoms with E-state index in [-0.39, 0.29) is 36.3 Å². The van der Waals surface area contributed by atoms with Crippen molar-refractivity contribution < 1.29 is 19.8 Å². The number of thioether (sulfide) groups is 1. The van der Waals surface area contributed by atoms with Crippen LogP contribution in [0.1, 0.15) is 17.5 Å². The number of phenols is 2. The number of phenolic OH excluding ortho intramolecular Hbond substituents is 2. The molecule has 2 aromatic carbocycles. The van der Waals surface area contributed by atoms with Gasteiger partial charge in [0.1, 0.15) is 15.8 Å². The van der Waals surface area contributed by atoms with Crippen LogP contribution in [0.25, 0.3) is 6.08 Å². The number of hydrogen-bond donors (Lipinski definition) is 3. The summed E-state index contributed by atoms with van der Waals surface area (Å²) in [7, 11) is 0. The van der Waals surface area contributed by atoms with Crippen molar-refractivity contribution in [3.63, 3.8) is 0 Å². The second-order valence-corrected chi connectivity index (χ2v) is 7.92. The molecule has 0 atom stereocenters. The van der Waals surface area contributed by atoms with Crippen LogP contribution in [0.2, 0.25) is 0 Å². The molecular weight excluding hydrogens is 396 g/mol. The maximum absolute atomic E-state index is 12.6. The van der Waals surface area contributed by atoms with Crippen molar-refractivity contribution in [2.75, 3.05) is 11.9 Å². The molecular formula is C20H18N2O4S2. The third kappa shape index (κ3) is 4.71. The molecule has 144 valence electrons. The van der Waals surface area contributed by atoms with Crippen LogP contribution in [-0.4, -0.2) is 37.8 Å². The van der Waals surface area contributed by atoms with Gasteiger partial charge in [-0.05, 0) is 42.8 Å². The fraction of sp³-hybridized carbons (Fsp3) is 0.150. The molecule has 6 nitrogen and oxygen atoms in total. The summed E-state index contributed by atoms with van der Waals surface area (Å²) in [6, 6.07) is 11.6. The lowest BCUT2D eigenvalue weighted by Crippen LogP contribution is -2.31. The quantitative estimate of drug-likeness (QED) is 0.511. The first-order valence-corrected chi connectivity index (χ1v) is 9.70. The van der Waals surface area contributed by atoms with E-state index in [9.17, 15) is 19.8 Å². The highest BCUT2D eigenvalue weighted by Crippen LogP contribution is 2.34. The van der Waals surface area contributed by atoms with Crippen LogP contribution in [-0.2, 0) is 9.59 Å². The minimum Gasteiger partial charge on any atom is -0.508 e. The maximum atomic E-state index is 12.6. The molecule has 0 saturated carbocycles. The third-order valence-electron chi connectivity index (χ3n) is 4.04. The predicted molar refractivity (Wildman–Crippen MR) is 114 cm³/mol. The second-order valence-electron chi connectivity index (χ2n) is 6.24. The van der Waals surface area contributed by atoms with Crippen molar-refractivity contribution in [1.29, 1.82) is 0 Å². The van der Waals surface area contributed by atoms with E-state index in [1.807, 2.05) is 25.1 Å². The first-order valence-electron chi connectivity index (χ1n) is 8.47. The van der Waals surface area contributed by atoms with Crippen molar-refractivity contribution in [3.8, 4) is 11.5 Å². The summed E-state index contributed by atoms with van der Waals surface area (Å²) in [5.41, 5.74) is 2.14. The molecule has 2 aromatic rings. The molecule has 1 saturated heterocycles. The zero-order chi connectivity index (χ0) is 20.3. The van der Waals surface area contributed by atoms with Gasteiger partial charge in [0.15, 0.2) is 0 Å². The molecule has 0 aromatic heterocycles. The number of thiocarbonyl (C=S) groups is 1. The average molecular weight is 415 g/mol. The van der Waals surface area contributed by atoms with Crippen molar-refractivity contribution >= 4 is 51.9 Å². The lowest BCUT2D eigenvalue weighted by atomic mass is 10.1. The van der Waals surface area contributed by atoms with Gasteiger partial charge in [-0.1, -0.05) is 36.1 Å². The van der Waals surface area contributed by atoms with Crippen LogP contribution in [0.4, 0.5) is 5.69 Å². The predicted octanol–water partition coefficient (Wildman–Crippen LogP) is 3.64. The fourth-order valence-electron chi connectivity index (χ4n) is 2.65. The topological polar surface area (TPSA) is 89.9 Å². The normalized spacial score (nSPS) is 15.3. The van der Waals surface area contributed by atoms with Crippen LogP contribution in [0.15, 0.2) is 47.4 Å². The van der Waals surface area contributed by atoms with E-state index in [0.717, 1.165) is 17.3 Å². The highest BCUT2D eigenvalue weighted by atomic mass is 32.2. The molecule has 0 spiro atoms. The van der Waals surface area contributed by atoms with Crippen LogP contribution < -0.4 is 5.32 Å². The molecule has 0 bridgehead atoms. The minimum absolute atomic E-state index is 0.0678. The lowest BCUT2D eigenvalue weighted by Gasteiger charge is -2.14. The molecule has 8 heteroatoms. The van der Waals surface area contributed by atoms with E-state index in [1.54, 1.807) is 6.07 Å². The molecule has 1 aliphatic rings. The summed E-state index contributed by atoms with van der Waals surface area (Å²) in [5, 5.41) is 22.0. The number of aryl methyl sites for hydroxylation is 1. The van der Waals surface area contributed by atoms with Crippen molar-refractivity contribution in [2.24, 2.45) is 0 Å². The van der Waals surface area contributed by atoms with E-state index in [1.165, 1.54) is 29.2 Å². The number of rotatable bonds is 5. The van der Waals surface area contributed by atoms with Crippen LogP contribution >= 0.6 is 24.0 Å².